The van der Waals surface area contributed by atoms with Crippen molar-refractivity contribution in [1.82, 2.24) is 9.03 Å². The van der Waals surface area contributed by atoms with Crippen LogP contribution in [0.25, 0.3) is 0 Å². The van der Waals surface area contributed by atoms with Crippen LogP contribution in [0.4, 0.5) is 0 Å². The molecule has 7 nitrogen and oxygen atoms in total. The molecule has 9 heteroatoms. The summed E-state index contributed by atoms with van der Waals surface area (Å²) in [4.78, 5) is -0.406. The standard InChI is InChI=1S/C16H27N3O4S2/c1-3-16(17,4-2)13-18-24(20,21)14-9-5-6-10-15(14)25(22,23)19-11-7-8-12-19/h5-6,9-10,18H,3-4,7-8,11-13,17H2,1-2H3. The largest absolute Gasteiger partial charge is 0.324 e. The Kier molecular flexibility index (Phi) is 6.26. The van der Waals surface area contributed by atoms with Crippen molar-refractivity contribution in [1.29, 1.82) is 0 Å². The Hall–Kier alpha value is -1.00. The molecule has 1 aromatic rings. The summed E-state index contributed by atoms with van der Waals surface area (Å²) >= 11 is 0. The molecule has 0 radical (unpaired) electrons. The Labute approximate surface area is 150 Å². The van der Waals surface area contributed by atoms with Gasteiger partial charge in [-0.1, -0.05) is 26.0 Å². The van der Waals surface area contributed by atoms with E-state index in [-0.39, 0.29) is 16.3 Å². The van der Waals surface area contributed by atoms with Crippen molar-refractivity contribution in [2.45, 2.75) is 54.9 Å². The molecule has 0 saturated carbocycles. The summed E-state index contributed by atoms with van der Waals surface area (Å²) in [6.45, 7) is 4.68. The molecular formula is C16H27N3O4S2. The fourth-order valence-electron chi connectivity index (χ4n) is 2.77. The molecule has 1 aromatic carbocycles. The summed E-state index contributed by atoms with van der Waals surface area (Å²) < 4.78 is 55.0. The first kappa shape index (κ1) is 20.3. The fraction of sp³-hybridized carbons (Fsp3) is 0.625. The van der Waals surface area contributed by atoms with Crippen LogP contribution in [-0.4, -0.2) is 46.3 Å². The van der Waals surface area contributed by atoms with E-state index in [4.69, 9.17) is 5.73 Å². The molecule has 0 aromatic heterocycles. The number of benzene rings is 1. The van der Waals surface area contributed by atoms with Crippen LogP contribution in [-0.2, 0) is 20.0 Å². The van der Waals surface area contributed by atoms with E-state index in [0.29, 0.717) is 25.9 Å². The number of nitrogens with one attached hydrogen (secondary N) is 1. The van der Waals surface area contributed by atoms with Gasteiger partial charge < -0.3 is 5.73 Å². The number of nitrogens with two attached hydrogens (primary N) is 1. The molecule has 0 amide bonds. The van der Waals surface area contributed by atoms with Gasteiger partial charge in [0.15, 0.2) is 0 Å². The van der Waals surface area contributed by atoms with Gasteiger partial charge in [-0.05, 0) is 37.8 Å². The Bertz CT molecular complexity index is 796. The van der Waals surface area contributed by atoms with Crippen LogP contribution in [0.15, 0.2) is 34.1 Å². The van der Waals surface area contributed by atoms with Gasteiger partial charge in [-0.25, -0.2) is 21.6 Å². The maximum atomic E-state index is 12.8. The molecule has 142 valence electrons. The van der Waals surface area contributed by atoms with Gasteiger partial charge >= 0.3 is 0 Å². The first-order valence-electron chi connectivity index (χ1n) is 8.54. The van der Waals surface area contributed by atoms with Gasteiger partial charge in [0, 0.05) is 25.2 Å². The van der Waals surface area contributed by atoms with Crippen LogP contribution in [0, 0.1) is 0 Å². The SMILES string of the molecule is CCC(N)(CC)CNS(=O)(=O)c1ccccc1S(=O)(=O)N1CCCC1. The lowest BCUT2D eigenvalue weighted by molar-refractivity contribution is 0.391. The number of hydrogen-bond acceptors (Lipinski definition) is 5. The number of hydrogen-bond donors (Lipinski definition) is 2. The predicted molar refractivity (Wildman–Crippen MR) is 97.1 cm³/mol. The lowest BCUT2D eigenvalue weighted by Crippen LogP contribution is -2.49. The summed E-state index contributed by atoms with van der Waals surface area (Å²) in [7, 11) is -7.83. The van der Waals surface area contributed by atoms with Crippen molar-refractivity contribution in [2.75, 3.05) is 19.6 Å². The molecule has 0 atom stereocenters. The molecular weight excluding hydrogens is 362 g/mol. The quantitative estimate of drug-likeness (QED) is 0.696. The molecule has 0 aliphatic carbocycles. The molecule has 25 heavy (non-hydrogen) atoms. The molecule has 3 N–H and O–H groups in total. The van der Waals surface area contributed by atoms with E-state index in [9.17, 15) is 16.8 Å². The summed E-state index contributed by atoms with van der Waals surface area (Å²) in [6, 6.07) is 5.72. The second-order valence-electron chi connectivity index (χ2n) is 6.45. The fourth-order valence-corrected chi connectivity index (χ4v) is 6.23. The lowest BCUT2D eigenvalue weighted by atomic mass is 9.95. The summed E-state index contributed by atoms with van der Waals surface area (Å²) in [5.41, 5.74) is 5.49. The van der Waals surface area contributed by atoms with E-state index in [1.807, 2.05) is 13.8 Å². The zero-order valence-corrected chi connectivity index (χ0v) is 16.4. The number of nitrogens with zero attached hydrogens (tertiary/aromatic N) is 1. The van der Waals surface area contributed by atoms with Gasteiger partial charge in [0.25, 0.3) is 0 Å². The monoisotopic (exact) mass is 389 g/mol. The second kappa shape index (κ2) is 7.71. The summed E-state index contributed by atoms with van der Waals surface area (Å²) in [5.74, 6) is 0. The first-order chi connectivity index (χ1) is 11.7. The molecule has 1 aliphatic rings. The summed E-state index contributed by atoms with van der Waals surface area (Å²) in [5, 5.41) is 0. The van der Waals surface area contributed by atoms with Gasteiger partial charge in [0.2, 0.25) is 20.0 Å². The third-order valence-electron chi connectivity index (χ3n) is 4.84. The van der Waals surface area contributed by atoms with Gasteiger partial charge in [0.1, 0.15) is 9.79 Å². The number of sulfonamides is 2. The Morgan fingerprint density at radius 2 is 1.56 bits per heavy atom. The maximum absolute atomic E-state index is 12.8. The minimum absolute atomic E-state index is 0.0560. The number of rotatable bonds is 8. The van der Waals surface area contributed by atoms with E-state index < -0.39 is 25.6 Å². The lowest BCUT2D eigenvalue weighted by Gasteiger charge is -2.27. The predicted octanol–water partition coefficient (Wildman–Crippen LogP) is 1.27. The van der Waals surface area contributed by atoms with E-state index in [0.717, 1.165) is 12.8 Å². The normalized spacial score (nSPS) is 17.1. The summed E-state index contributed by atoms with van der Waals surface area (Å²) in [6.07, 6.45) is 2.80. The highest BCUT2D eigenvalue weighted by Gasteiger charge is 2.33. The molecule has 2 rings (SSSR count). The zero-order chi connectivity index (χ0) is 18.7. The van der Waals surface area contributed by atoms with Crippen molar-refractivity contribution in [3.05, 3.63) is 24.3 Å². The third-order valence-corrected chi connectivity index (χ3v) is 8.39. The van der Waals surface area contributed by atoms with Gasteiger partial charge in [-0.15, -0.1) is 0 Å². The van der Waals surface area contributed by atoms with E-state index >= 15 is 0 Å². The molecule has 1 fully saturated rings. The van der Waals surface area contributed by atoms with E-state index in [1.165, 1.54) is 28.6 Å². The van der Waals surface area contributed by atoms with Crippen molar-refractivity contribution in [3.63, 3.8) is 0 Å². The molecule has 0 unspecified atom stereocenters. The van der Waals surface area contributed by atoms with Crippen molar-refractivity contribution in [2.24, 2.45) is 5.73 Å². The topological polar surface area (TPSA) is 110 Å². The van der Waals surface area contributed by atoms with Crippen molar-refractivity contribution >= 4 is 20.0 Å². The van der Waals surface area contributed by atoms with Crippen LogP contribution in [0.3, 0.4) is 0 Å². The zero-order valence-electron chi connectivity index (χ0n) is 14.7. The average molecular weight is 390 g/mol. The third kappa shape index (κ3) is 4.40. The molecule has 0 bridgehead atoms. The van der Waals surface area contributed by atoms with Gasteiger partial charge in [-0.3, -0.25) is 0 Å². The van der Waals surface area contributed by atoms with Crippen molar-refractivity contribution in [3.8, 4) is 0 Å². The van der Waals surface area contributed by atoms with E-state index in [1.54, 1.807) is 0 Å². The van der Waals surface area contributed by atoms with Gasteiger partial charge in [-0.2, -0.15) is 4.31 Å². The average Bonchev–Trinajstić information content (AvgIpc) is 3.15. The van der Waals surface area contributed by atoms with Crippen LogP contribution >= 0.6 is 0 Å². The smallest absolute Gasteiger partial charge is 0.244 e. The van der Waals surface area contributed by atoms with E-state index in [2.05, 4.69) is 4.72 Å². The minimum Gasteiger partial charge on any atom is -0.324 e. The molecule has 0 spiro atoms. The highest BCUT2D eigenvalue weighted by atomic mass is 32.2. The Morgan fingerprint density at radius 3 is 2.08 bits per heavy atom. The van der Waals surface area contributed by atoms with Crippen LogP contribution in [0.1, 0.15) is 39.5 Å². The Balaban J connectivity index is 2.36. The Morgan fingerprint density at radius 1 is 1.04 bits per heavy atom. The van der Waals surface area contributed by atoms with Crippen LogP contribution in [0.2, 0.25) is 0 Å². The van der Waals surface area contributed by atoms with Crippen LogP contribution < -0.4 is 10.5 Å². The van der Waals surface area contributed by atoms with Crippen LogP contribution in [0.5, 0.6) is 0 Å². The molecule has 1 aliphatic heterocycles. The second-order valence-corrected chi connectivity index (χ2v) is 10.1. The first-order valence-corrected chi connectivity index (χ1v) is 11.5. The van der Waals surface area contributed by atoms with Gasteiger partial charge in [0.05, 0.1) is 0 Å². The highest BCUT2D eigenvalue weighted by molar-refractivity contribution is 7.92. The minimum atomic E-state index is -3.99. The molecule has 1 saturated heterocycles. The maximum Gasteiger partial charge on any atom is 0.244 e. The highest BCUT2D eigenvalue weighted by Crippen LogP contribution is 2.26. The van der Waals surface area contributed by atoms with Crippen molar-refractivity contribution < 1.29 is 16.8 Å². The molecule has 1 heterocycles.